The number of rotatable bonds is 5. The Labute approximate surface area is 158 Å². The summed E-state index contributed by atoms with van der Waals surface area (Å²) in [7, 11) is -3.57. The first-order valence-corrected chi connectivity index (χ1v) is 11.0. The van der Waals surface area contributed by atoms with Crippen LogP contribution in [0.25, 0.3) is 11.3 Å². The summed E-state index contributed by atoms with van der Waals surface area (Å²) in [5.74, 6) is 0.199. The van der Waals surface area contributed by atoms with Gasteiger partial charge in [-0.3, -0.25) is 4.79 Å². The summed E-state index contributed by atoms with van der Waals surface area (Å²) >= 11 is 1.27. The van der Waals surface area contributed by atoms with Gasteiger partial charge in [0.2, 0.25) is 10.0 Å². The summed E-state index contributed by atoms with van der Waals surface area (Å²) in [4.78, 5) is 18.0. The first-order chi connectivity index (χ1) is 12.4. The van der Waals surface area contributed by atoms with Crippen LogP contribution in [-0.4, -0.2) is 36.7 Å². The Hall–Kier alpha value is -1.77. The number of carbonyl (C=O) groups excluding carboxylic acids is 1. The summed E-state index contributed by atoms with van der Waals surface area (Å²) in [5.41, 5.74) is 1.16. The largest absolute Gasteiger partial charge is 0.350 e. The van der Waals surface area contributed by atoms with Gasteiger partial charge >= 0.3 is 0 Å². The van der Waals surface area contributed by atoms with Gasteiger partial charge in [-0.15, -0.1) is 11.3 Å². The molecule has 8 heteroatoms. The van der Waals surface area contributed by atoms with Crippen LogP contribution in [0.4, 0.5) is 0 Å². The van der Waals surface area contributed by atoms with Crippen LogP contribution < -0.4 is 5.32 Å². The van der Waals surface area contributed by atoms with Crippen LogP contribution in [0.2, 0.25) is 0 Å². The average molecular weight is 394 g/mol. The Bertz CT molecular complexity index is 922. The van der Waals surface area contributed by atoms with Crippen molar-refractivity contribution in [2.24, 2.45) is 5.92 Å². The third-order valence-electron chi connectivity index (χ3n) is 4.63. The van der Waals surface area contributed by atoms with Gasteiger partial charge in [0.05, 0.1) is 17.1 Å². The second-order valence-corrected chi connectivity index (χ2v) is 9.43. The number of sulfonamides is 1. The van der Waals surface area contributed by atoms with E-state index in [1.54, 1.807) is 24.3 Å². The molecule has 0 spiro atoms. The van der Waals surface area contributed by atoms with E-state index in [0.29, 0.717) is 35.3 Å². The van der Waals surface area contributed by atoms with E-state index in [1.165, 1.54) is 15.6 Å². The highest BCUT2D eigenvalue weighted by Gasteiger charge is 2.33. The van der Waals surface area contributed by atoms with Crippen LogP contribution in [0.5, 0.6) is 0 Å². The Kier molecular flexibility index (Phi) is 5.45. The van der Waals surface area contributed by atoms with Gasteiger partial charge in [0.15, 0.2) is 5.01 Å². The summed E-state index contributed by atoms with van der Waals surface area (Å²) in [6.45, 7) is 7.18. The van der Waals surface area contributed by atoms with Gasteiger partial charge in [0, 0.05) is 23.5 Å². The van der Waals surface area contributed by atoms with Crippen LogP contribution >= 0.6 is 11.3 Å². The molecule has 26 heavy (non-hydrogen) atoms. The molecule has 0 saturated heterocycles. The Morgan fingerprint density at radius 3 is 2.77 bits per heavy atom. The number of hydrogen-bond acceptors (Lipinski definition) is 5. The van der Waals surface area contributed by atoms with Crippen molar-refractivity contribution in [1.29, 1.82) is 0 Å². The molecule has 1 amide bonds. The molecule has 2 aromatic rings. The molecule has 3 rings (SSSR count). The van der Waals surface area contributed by atoms with Crippen LogP contribution in [0.15, 0.2) is 29.2 Å². The predicted octanol–water partition coefficient (Wildman–Crippen LogP) is 3.11. The molecular weight excluding hydrogens is 370 g/mol. The molecule has 1 aromatic heterocycles. The molecule has 1 aliphatic heterocycles. The maximum absolute atomic E-state index is 12.9. The van der Waals surface area contributed by atoms with Crippen molar-refractivity contribution in [2.45, 2.75) is 38.6 Å². The zero-order valence-corrected chi connectivity index (χ0v) is 16.8. The highest BCUT2D eigenvalue weighted by Crippen LogP contribution is 2.38. The smallest absolute Gasteiger partial charge is 0.280 e. The molecular formula is C18H23N3O3S2. The van der Waals surface area contributed by atoms with E-state index in [0.717, 1.165) is 11.3 Å². The van der Waals surface area contributed by atoms with Gasteiger partial charge in [0.25, 0.3) is 5.91 Å². The number of thiazole rings is 1. The van der Waals surface area contributed by atoms with E-state index in [-0.39, 0.29) is 17.3 Å². The van der Waals surface area contributed by atoms with Gasteiger partial charge in [-0.2, -0.15) is 4.31 Å². The number of amides is 1. The first-order valence-electron chi connectivity index (χ1n) is 8.75. The highest BCUT2D eigenvalue weighted by molar-refractivity contribution is 7.89. The van der Waals surface area contributed by atoms with E-state index in [1.807, 2.05) is 6.92 Å². The Balaban J connectivity index is 2.02. The normalized spacial score (nSPS) is 17.0. The number of fused-ring (bicyclic) bond motifs is 3. The van der Waals surface area contributed by atoms with E-state index < -0.39 is 10.0 Å². The molecule has 0 unspecified atom stereocenters. The fraction of sp³-hybridized carbons (Fsp3) is 0.444. The summed E-state index contributed by atoms with van der Waals surface area (Å²) in [5, 5.41) is 3.30. The average Bonchev–Trinajstić information content (AvgIpc) is 3.04. The van der Waals surface area contributed by atoms with Crippen molar-refractivity contribution < 1.29 is 13.2 Å². The third kappa shape index (κ3) is 3.41. The molecule has 1 aromatic carbocycles. The van der Waals surface area contributed by atoms with Crippen molar-refractivity contribution in [3.8, 4) is 11.3 Å². The number of aromatic nitrogens is 1. The minimum atomic E-state index is -3.57. The van der Waals surface area contributed by atoms with Gasteiger partial charge in [-0.05, 0) is 12.0 Å². The maximum atomic E-state index is 12.9. The van der Waals surface area contributed by atoms with Gasteiger partial charge in [-0.25, -0.2) is 13.4 Å². The minimum Gasteiger partial charge on any atom is -0.350 e. The monoisotopic (exact) mass is 393 g/mol. The standard InChI is InChI=1S/C18H23N3O3S2/c1-4-12(3)10-19-17(22)18-20-16-13-8-6-7-9-15(13)26(23,24)21(5-2)11-14(16)25-18/h6-9,12H,4-5,10-11H2,1-3H3,(H,19,22)/t12-/m0/s1. The molecule has 1 N–H and O–H groups in total. The summed E-state index contributed by atoms with van der Waals surface area (Å²) < 4.78 is 27.2. The zero-order valence-electron chi connectivity index (χ0n) is 15.2. The van der Waals surface area contributed by atoms with E-state index in [9.17, 15) is 13.2 Å². The Morgan fingerprint density at radius 1 is 1.35 bits per heavy atom. The van der Waals surface area contributed by atoms with Crippen molar-refractivity contribution in [3.63, 3.8) is 0 Å². The van der Waals surface area contributed by atoms with Crippen molar-refractivity contribution >= 4 is 27.3 Å². The third-order valence-corrected chi connectivity index (χ3v) is 7.65. The molecule has 0 radical (unpaired) electrons. The number of hydrogen-bond donors (Lipinski definition) is 1. The van der Waals surface area contributed by atoms with Crippen molar-refractivity contribution in [3.05, 3.63) is 34.2 Å². The molecule has 0 fully saturated rings. The fourth-order valence-corrected chi connectivity index (χ4v) is 5.51. The molecule has 140 valence electrons. The lowest BCUT2D eigenvalue weighted by molar-refractivity contribution is 0.0947. The molecule has 0 saturated carbocycles. The number of nitrogens with one attached hydrogen (secondary N) is 1. The maximum Gasteiger partial charge on any atom is 0.280 e. The lowest BCUT2D eigenvalue weighted by Gasteiger charge is -2.18. The molecule has 0 aliphatic carbocycles. The van der Waals surface area contributed by atoms with Crippen LogP contribution in [0.3, 0.4) is 0 Å². The van der Waals surface area contributed by atoms with Crippen LogP contribution in [-0.2, 0) is 16.6 Å². The summed E-state index contributed by atoms with van der Waals surface area (Å²) in [6.07, 6.45) is 0.991. The molecule has 1 aliphatic rings. The number of benzene rings is 1. The zero-order chi connectivity index (χ0) is 18.9. The minimum absolute atomic E-state index is 0.202. The van der Waals surface area contributed by atoms with Crippen LogP contribution in [0, 0.1) is 5.92 Å². The SMILES string of the molecule is CC[C@H](C)CNC(=O)c1nc2c(s1)CN(CC)S(=O)(=O)c1ccccc1-2. The second-order valence-electron chi connectivity index (χ2n) is 6.44. The lowest BCUT2D eigenvalue weighted by atomic mass is 10.1. The van der Waals surface area contributed by atoms with E-state index in [4.69, 9.17) is 0 Å². The van der Waals surface area contributed by atoms with Crippen molar-refractivity contribution in [2.75, 3.05) is 13.1 Å². The predicted molar refractivity (Wildman–Crippen MR) is 103 cm³/mol. The van der Waals surface area contributed by atoms with Crippen molar-refractivity contribution in [1.82, 2.24) is 14.6 Å². The first kappa shape index (κ1) is 19.0. The van der Waals surface area contributed by atoms with Gasteiger partial charge in [0.1, 0.15) is 0 Å². The fourth-order valence-electron chi connectivity index (χ4n) is 2.81. The molecule has 0 bridgehead atoms. The molecule has 6 nitrogen and oxygen atoms in total. The topological polar surface area (TPSA) is 79.4 Å². The lowest BCUT2D eigenvalue weighted by Crippen LogP contribution is -2.29. The second kappa shape index (κ2) is 7.46. The summed E-state index contributed by atoms with van der Waals surface area (Å²) in [6, 6.07) is 6.86. The Morgan fingerprint density at radius 2 is 2.08 bits per heavy atom. The van der Waals surface area contributed by atoms with Gasteiger partial charge < -0.3 is 5.32 Å². The highest BCUT2D eigenvalue weighted by atomic mass is 32.2. The van der Waals surface area contributed by atoms with Gasteiger partial charge in [-0.1, -0.05) is 45.4 Å². The number of carbonyl (C=O) groups is 1. The quantitative estimate of drug-likeness (QED) is 0.846. The number of nitrogens with zero attached hydrogens (tertiary/aromatic N) is 2. The molecule has 2 heterocycles. The molecule has 1 atom stereocenters. The van der Waals surface area contributed by atoms with Crippen LogP contribution in [0.1, 0.15) is 41.9 Å². The van der Waals surface area contributed by atoms with E-state index >= 15 is 0 Å². The van der Waals surface area contributed by atoms with E-state index in [2.05, 4.69) is 24.1 Å².